The van der Waals surface area contributed by atoms with Gasteiger partial charge in [-0.3, -0.25) is 19.2 Å². The van der Waals surface area contributed by atoms with E-state index in [0.717, 1.165) is 0 Å². The van der Waals surface area contributed by atoms with E-state index in [1.54, 1.807) is 6.92 Å². The van der Waals surface area contributed by atoms with Crippen molar-refractivity contribution in [3.63, 3.8) is 0 Å². The normalized spacial score (nSPS) is 29.4. The van der Waals surface area contributed by atoms with Gasteiger partial charge in [0.05, 0.1) is 30.3 Å². The molecule has 0 saturated heterocycles. The third-order valence-corrected chi connectivity index (χ3v) is 3.53. The highest BCUT2D eigenvalue weighted by Gasteiger charge is 2.49. The number of hydrogen-bond acceptors (Lipinski definition) is 5. The number of hydrogen-bond donors (Lipinski definition) is 3. The van der Waals surface area contributed by atoms with Crippen LogP contribution in [0.15, 0.2) is 0 Å². The molecule has 1 fully saturated rings. The lowest BCUT2D eigenvalue weighted by atomic mass is 9.68. The summed E-state index contributed by atoms with van der Waals surface area (Å²) in [6.07, 6.45) is -0.743. The van der Waals surface area contributed by atoms with Crippen molar-refractivity contribution in [2.45, 2.75) is 19.8 Å². The van der Waals surface area contributed by atoms with Crippen LogP contribution in [-0.2, 0) is 23.9 Å². The van der Waals surface area contributed by atoms with Crippen molar-refractivity contribution in [3.05, 3.63) is 0 Å². The maximum atomic E-state index is 11.7. The Kier molecular flexibility index (Phi) is 5.06. The smallest absolute Gasteiger partial charge is 0.309 e. The molecule has 0 heterocycles. The average Bonchev–Trinajstić information content (AvgIpc) is 2.36. The fourth-order valence-electron chi connectivity index (χ4n) is 2.53. The molecule has 112 valence electrons. The molecule has 4 unspecified atom stereocenters. The molecule has 0 aromatic carbocycles. The minimum absolute atomic E-state index is 0.0434. The Bertz CT molecular complexity index is 429. The summed E-state index contributed by atoms with van der Waals surface area (Å²) in [5, 5.41) is 27.2. The second-order valence-corrected chi connectivity index (χ2v) is 4.66. The van der Waals surface area contributed by atoms with E-state index in [0.29, 0.717) is 0 Å². The first-order valence-corrected chi connectivity index (χ1v) is 6.14. The molecular weight excluding hydrogens is 272 g/mol. The molecule has 1 saturated carbocycles. The molecule has 0 spiro atoms. The Morgan fingerprint density at radius 3 is 1.55 bits per heavy atom. The van der Waals surface area contributed by atoms with Gasteiger partial charge in [-0.1, -0.05) is 0 Å². The van der Waals surface area contributed by atoms with E-state index in [9.17, 15) is 19.2 Å². The van der Waals surface area contributed by atoms with Crippen LogP contribution in [0.4, 0.5) is 0 Å². The largest absolute Gasteiger partial charge is 0.481 e. The van der Waals surface area contributed by atoms with Gasteiger partial charge in [0.2, 0.25) is 0 Å². The van der Waals surface area contributed by atoms with Gasteiger partial charge in [-0.2, -0.15) is 0 Å². The summed E-state index contributed by atoms with van der Waals surface area (Å²) in [6.45, 7) is 1.59. The first-order chi connectivity index (χ1) is 9.29. The number of ether oxygens (including phenoxy) is 1. The fraction of sp³-hybridized carbons (Fsp3) is 0.667. The van der Waals surface area contributed by atoms with Crippen LogP contribution >= 0.6 is 0 Å². The first-order valence-electron chi connectivity index (χ1n) is 6.14. The molecule has 0 aromatic rings. The Morgan fingerprint density at radius 1 is 0.850 bits per heavy atom. The van der Waals surface area contributed by atoms with Crippen LogP contribution in [-0.4, -0.2) is 45.8 Å². The monoisotopic (exact) mass is 288 g/mol. The molecule has 0 aliphatic heterocycles. The molecule has 20 heavy (non-hydrogen) atoms. The van der Waals surface area contributed by atoms with Gasteiger partial charge in [0, 0.05) is 0 Å². The van der Waals surface area contributed by atoms with E-state index in [2.05, 4.69) is 0 Å². The van der Waals surface area contributed by atoms with E-state index in [1.165, 1.54) is 0 Å². The van der Waals surface area contributed by atoms with Crippen LogP contribution in [0.5, 0.6) is 0 Å². The summed E-state index contributed by atoms with van der Waals surface area (Å²) >= 11 is 0. The number of aliphatic carboxylic acids is 3. The lowest BCUT2D eigenvalue weighted by molar-refractivity contribution is -0.170. The van der Waals surface area contributed by atoms with E-state index in [1.807, 2.05) is 0 Å². The SMILES string of the molecule is CCOC(=O)C1CC(C(=O)O)C(C(=O)O)CC1C(=O)O. The predicted molar refractivity (Wildman–Crippen MR) is 62.7 cm³/mol. The fourth-order valence-corrected chi connectivity index (χ4v) is 2.53. The van der Waals surface area contributed by atoms with Crippen molar-refractivity contribution >= 4 is 23.9 Å². The van der Waals surface area contributed by atoms with Gasteiger partial charge < -0.3 is 20.1 Å². The number of carboxylic acid groups (broad SMARTS) is 3. The number of carbonyl (C=O) groups is 4. The van der Waals surface area contributed by atoms with Gasteiger partial charge in [0.15, 0.2) is 0 Å². The number of carbonyl (C=O) groups excluding carboxylic acids is 1. The van der Waals surface area contributed by atoms with Crippen molar-refractivity contribution in [3.8, 4) is 0 Å². The minimum atomic E-state index is -1.37. The summed E-state index contributed by atoms with van der Waals surface area (Å²) < 4.78 is 4.74. The standard InChI is InChI=1S/C12H16O8/c1-2-20-12(19)8-4-6(10(15)16)5(9(13)14)3-7(8)11(17)18/h5-8H,2-4H2,1H3,(H,13,14)(H,15,16)(H,17,18). The van der Waals surface area contributed by atoms with Gasteiger partial charge in [-0.15, -0.1) is 0 Å². The van der Waals surface area contributed by atoms with Crippen molar-refractivity contribution in [2.75, 3.05) is 6.61 Å². The summed E-state index contributed by atoms with van der Waals surface area (Å²) in [4.78, 5) is 45.1. The molecule has 1 aliphatic rings. The van der Waals surface area contributed by atoms with E-state index in [4.69, 9.17) is 20.1 Å². The highest BCUT2D eigenvalue weighted by molar-refractivity contribution is 5.86. The molecule has 4 atom stereocenters. The van der Waals surface area contributed by atoms with Crippen LogP contribution in [0.25, 0.3) is 0 Å². The van der Waals surface area contributed by atoms with E-state index in [-0.39, 0.29) is 13.0 Å². The van der Waals surface area contributed by atoms with Gasteiger partial charge in [-0.25, -0.2) is 0 Å². The zero-order valence-corrected chi connectivity index (χ0v) is 10.8. The minimum Gasteiger partial charge on any atom is -0.481 e. The first kappa shape index (κ1) is 15.9. The zero-order valence-electron chi connectivity index (χ0n) is 10.8. The lowest BCUT2D eigenvalue weighted by Crippen LogP contribution is -2.45. The average molecular weight is 288 g/mol. The molecule has 1 aliphatic carbocycles. The van der Waals surface area contributed by atoms with Gasteiger partial charge in [0.1, 0.15) is 0 Å². The van der Waals surface area contributed by atoms with Gasteiger partial charge in [-0.05, 0) is 19.8 Å². The second-order valence-electron chi connectivity index (χ2n) is 4.66. The molecule has 0 radical (unpaired) electrons. The lowest BCUT2D eigenvalue weighted by Gasteiger charge is -2.34. The van der Waals surface area contributed by atoms with Crippen molar-refractivity contribution in [1.29, 1.82) is 0 Å². The van der Waals surface area contributed by atoms with Gasteiger partial charge in [0.25, 0.3) is 0 Å². The van der Waals surface area contributed by atoms with Crippen LogP contribution in [0.1, 0.15) is 19.8 Å². The quantitative estimate of drug-likeness (QED) is 0.604. The van der Waals surface area contributed by atoms with Crippen LogP contribution < -0.4 is 0 Å². The number of esters is 1. The second kappa shape index (κ2) is 6.36. The molecule has 3 N–H and O–H groups in total. The molecule has 0 bridgehead atoms. The Balaban J connectivity index is 3.05. The highest BCUT2D eigenvalue weighted by Crippen LogP contribution is 2.39. The topological polar surface area (TPSA) is 138 Å². The highest BCUT2D eigenvalue weighted by atomic mass is 16.5. The molecule has 8 heteroatoms. The van der Waals surface area contributed by atoms with E-state index >= 15 is 0 Å². The molecular formula is C12H16O8. The summed E-state index contributed by atoms with van der Waals surface area (Å²) in [7, 11) is 0. The molecule has 8 nitrogen and oxygen atoms in total. The number of carboxylic acids is 3. The van der Waals surface area contributed by atoms with Crippen LogP contribution in [0, 0.1) is 23.7 Å². The van der Waals surface area contributed by atoms with Crippen molar-refractivity contribution < 1.29 is 39.2 Å². The molecule has 0 amide bonds. The van der Waals surface area contributed by atoms with Crippen molar-refractivity contribution in [1.82, 2.24) is 0 Å². The maximum absolute atomic E-state index is 11.7. The summed E-state index contributed by atoms with van der Waals surface area (Å²) in [5.41, 5.74) is 0. The Morgan fingerprint density at radius 2 is 1.20 bits per heavy atom. The zero-order chi connectivity index (χ0) is 15.4. The predicted octanol–water partition coefficient (Wildman–Crippen LogP) is 0.0619. The summed E-state index contributed by atoms with van der Waals surface area (Å²) in [6, 6.07) is 0. The maximum Gasteiger partial charge on any atom is 0.309 e. The number of rotatable bonds is 5. The third-order valence-electron chi connectivity index (χ3n) is 3.53. The van der Waals surface area contributed by atoms with Crippen LogP contribution in [0.3, 0.4) is 0 Å². The van der Waals surface area contributed by atoms with Gasteiger partial charge >= 0.3 is 23.9 Å². The van der Waals surface area contributed by atoms with Crippen LogP contribution in [0.2, 0.25) is 0 Å². The Hall–Kier alpha value is -2.12. The third kappa shape index (κ3) is 3.25. The van der Waals surface area contributed by atoms with E-state index < -0.39 is 54.0 Å². The Labute approximate surface area is 114 Å². The molecule has 1 rings (SSSR count). The molecule has 0 aromatic heterocycles. The van der Waals surface area contributed by atoms with Crippen molar-refractivity contribution in [2.24, 2.45) is 23.7 Å². The summed E-state index contributed by atoms with van der Waals surface area (Å²) in [5.74, 6) is -9.83.